The number of likely N-dealkylation sites (N-methyl/N-ethyl adjacent to an activating group) is 1. The van der Waals surface area contributed by atoms with Crippen LogP contribution in [-0.4, -0.2) is 38.6 Å². The van der Waals surface area contributed by atoms with Gasteiger partial charge in [0.15, 0.2) is 6.61 Å². The highest BCUT2D eigenvalue weighted by Crippen LogP contribution is 2.23. The Morgan fingerprint density at radius 2 is 2.12 bits per heavy atom. The molecule has 0 aliphatic rings. The van der Waals surface area contributed by atoms with Gasteiger partial charge in [0.2, 0.25) is 0 Å². The zero-order chi connectivity index (χ0) is 12.8. The number of rotatable bonds is 5. The number of nitrogens with zero attached hydrogens (tertiary/aromatic N) is 1. The van der Waals surface area contributed by atoms with Gasteiger partial charge in [0.25, 0.3) is 5.91 Å². The first kappa shape index (κ1) is 13.3. The van der Waals surface area contributed by atoms with E-state index in [-0.39, 0.29) is 12.5 Å². The molecule has 5 nitrogen and oxygen atoms in total. The Labute approximate surface area is 101 Å². The molecule has 0 spiro atoms. The number of nitrogens with two attached hydrogens (primary N) is 1. The highest BCUT2D eigenvalue weighted by Gasteiger charge is 2.08. The second-order valence-corrected chi connectivity index (χ2v) is 3.75. The van der Waals surface area contributed by atoms with Gasteiger partial charge in [-0.15, -0.1) is 0 Å². The van der Waals surface area contributed by atoms with E-state index in [0.717, 1.165) is 11.3 Å². The number of hydrogen-bond acceptors (Lipinski definition) is 4. The van der Waals surface area contributed by atoms with Crippen molar-refractivity contribution >= 4 is 5.91 Å². The molecule has 1 aromatic rings. The van der Waals surface area contributed by atoms with Gasteiger partial charge < -0.3 is 20.1 Å². The molecule has 1 rings (SSSR count). The molecule has 0 unspecified atom stereocenters. The van der Waals surface area contributed by atoms with E-state index >= 15 is 0 Å². The number of hydrogen-bond donors (Lipinski definition) is 1. The molecule has 0 saturated heterocycles. The van der Waals surface area contributed by atoms with Crippen LogP contribution in [-0.2, 0) is 11.3 Å². The van der Waals surface area contributed by atoms with Gasteiger partial charge in [0.1, 0.15) is 11.5 Å². The van der Waals surface area contributed by atoms with Crippen molar-refractivity contribution in [2.75, 3.05) is 27.8 Å². The highest BCUT2D eigenvalue weighted by molar-refractivity contribution is 5.77. The van der Waals surface area contributed by atoms with Crippen molar-refractivity contribution in [3.8, 4) is 11.5 Å². The fourth-order valence-electron chi connectivity index (χ4n) is 1.25. The summed E-state index contributed by atoms with van der Waals surface area (Å²) in [6.45, 7) is 0.342. The number of methoxy groups -OCH3 is 1. The lowest BCUT2D eigenvalue weighted by Crippen LogP contribution is -2.27. The molecule has 0 atom stereocenters. The lowest BCUT2D eigenvalue weighted by Gasteiger charge is -2.14. The van der Waals surface area contributed by atoms with Crippen LogP contribution >= 0.6 is 0 Å². The Balaban J connectivity index is 2.74. The standard InChI is InChI=1S/C12H18N2O3/c1-14(2)12(15)8-17-11-5-4-10(16-3)6-9(11)7-13/h4-6H,7-8,13H2,1-3H3. The van der Waals surface area contributed by atoms with Crippen molar-refractivity contribution in [2.45, 2.75) is 6.54 Å². The summed E-state index contributed by atoms with van der Waals surface area (Å²) < 4.78 is 10.5. The van der Waals surface area contributed by atoms with Crippen LogP contribution in [0.25, 0.3) is 0 Å². The second kappa shape index (κ2) is 6.10. The summed E-state index contributed by atoms with van der Waals surface area (Å²) in [5.41, 5.74) is 6.43. The van der Waals surface area contributed by atoms with Gasteiger partial charge in [-0.2, -0.15) is 0 Å². The maximum atomic E-state index is 11.4. The van der Waals surface area contributed by atoms with Crippen LogP contribution in [0.5, 0.6) is 11.5 Å². The first-order chi connectivity index (χ1) is 8.08. The predicted octanol–water partition coefficient (Wildman–Crippen LogP) is 0.621. The number of ether oxygens (including phenoxy) is 2. The summed E-state index contributed by atoms with van der Waals surface area (Å²) in [6, 6.07) is 5.33. The Hall–Kier alpha value is -1.75. The van der Waals surface area contributed by atoms with E-state index in [4.69, 9.17) is 15.2 Å². The van der Waals surface area contributed by atoms with Crippen LogP contribution in [0.4, 0.5) is 0 Å². The lowest BCUT2D eigenvalue weighted by molar-refractivity contribution is -0.130. The number of benzene rings is 1. The van der Waals surface area contributed by atoms with Crippen LogP contribution in [0.2, 0.25) is 0 Å². The molecule has 0 bridgehead atoms. The molecule has 1 amide bonds. The minimum atomic E-state index is -0.0937. The van der Waals surface area contributed by atoms with Crippen LogP contribution in [0.1, 0.15) is 5.56 Å². The summed E-state index contributed by atoms with van der Waals surface area (Å²) in [4.78, 5) is 12.9. The minimum absolute atomic E-state index is 0.00628. The molecule has 94 valence electrons. The molecule has 0 radical (unpaired) electrons. The minimum Gasteiger partial charge on any atom is -0.497 e. The molecular weight excluding hydrogens is 220 g/mol. The van der Waals surface area contributed by atoms with Gasteiger partial charge >= 0.3 is 0 Å². The van der Waals surface area contributed by atoms with Crippen molar-refractivity contribution < 1.29 is 14.3 Å². The number of amides is 1. The summed E-state index contributed by atoms with van der Waals surface area (Å²) in [7, 11) is 4.96. The summed E-state index contributed by atoms with van der Waals surface area (Å²) >= 11 is 0. The largest absolute Gasteiger partial charge is 0.497 e. The number of carbonyl (C=O) groups excluding carboxylic acids is 1. The van der Waals surface area contributed by atoms with E-state index in [9.17, 15) is 4.79 Å². The quantitative estimate of drug-likeness (QED) is 0.816. The van der Waals surface area contributed by atoms with Gasteiger partial charge in [0.05, 0.1) is 7.11 Å². The van der Waals surface area contributed by atoms with Crippen molar-refractivity contribution in [3.05, 3.63) is 23.8 Å². The van der Waals surface area contributed by atoms with E-state index < -0.39 is 0 Å². The third-order valence-electron chi connectivity index (χ3n) is 2.34. The summed E-state index contributed by atoms with van der Waals surface area (Å²) in [5.74, 6) is 1.24. The monoisotopic (exact) mass is 238 g/mol. The van der Waals surface area contributed by atoms with Gasteiger partial charge in [-0.3, -0.25) is 4.79 Å². The van der Waals surface area contributed by atoms with Crippen molar-refractivity contribution in [3.63, 3.8) is 0 Å². The molecule has 0 fully saturated rings. The molecule has 5 heteroatoms. The molecule has 1 aromatic carbocycles. The average molecular weight is 238 g/mol. The predicted molar refractivity (Wildman–Crippen MR) is 65.1 cm³/mol. The molecule has 0 aromatic heterocycles. The first-order valence-electron chi connectivity index (χ1n) is 5.28. The number of carbonyl (C=O) groups is 1. The van der Waals surface area contributed by atoms with E-state index in [1.807, 2.05) is 0 Å². The van der Waals surface area contributed by atoms with E-state index in [1.165, 1.54) is 4.90 Å². The third kappa shape index (κ3) is 3.64. The maximum Gasteiger partial charge on any atom is 0.259 e. The van der Waals surface area contributed by atoms with E-state index in [0.29, 0.717) is 12.3 Å². The zero-order valence-corrected chi connectivity index (χ0v) is 10.4. The molecular formula is C12H18N2O3. The molecule has 17 heavy (non-hydrogen) atoms. The smallest absolute Gasteiger partial charge is 0.259 e. The third-order valence-corrected chi connectivity index (χ3v) is 2.34. The topological polar surface area (TPSA) is 64.8 Å². The first-order valence-corrected chi connectivity index (χ1v) is 5.28. The average Bonchev–Trinajstić information content (AvgIpc) is 2.35. The van der Waals surface area contributed by atoms with Gasteiger partial charge in [0, 0.05) is 26.2 Å². The maximum absolute atomic E-state index is 11.4. The Kier molecular flexibility index (Phi) is 4.78. The Morgan fingerprint density at radius 3 is 2.65 bits per heavy atom. The molecule has 0 heterocycles. The van der Waals surface area contributed by atoms with Crippen LogP contribution < -0.4 is 15.2 Å². The highest BCUT2D eigenvalue weighted by atomic mass is 16.5. The fourth-order valence-corrected chi connectivity index (χ4v) is 1.25. The van der Waals surface area contributed by atoms with Gasteiger partial charge in [-0.25, -0.2) is 0 Å². The van der Waals surface area contributed by atoms with Crippen LogP contribution in [0.15, 0.2) is 18.2 Å². The molecule has 0 saturated carbocycles. The van der Waals surface area contributed by atoms with Gasteiger partial charge in [-0.05, 0) is 18.2 Å². The molecule has 0 aliphatic carbocycles. The van der Waals surface area contributed by atoms with Crippen LogP contribution in [0, 0.1) is 0 Å². The molecule has 2 N–H and O–H groups in total. The zero-order valence-electron chi connectivity index (χ0n) is 10.4. The second-order valence-electron chi connectivity index (χ2n) is 3.75. The van der Waals surface area contributed by atoms with Crippen molar-refractivity contribution in [2.24, 2.45) is 5.73 Å². The van der Waals surface area contributed by atoms with Crippen molar-refractivity contribution in [1.29, 1.82) is 0 Å². The van der Waals surface area contributed by atoms with Gasteiger partial charge in [-0.1, -0.05) is 0 Å². The molecule has 0 aliphatic heterocycles. The Bertz CT molecular complexity index is 391. The SMILES string of the molecule is COc1ccc(OCC(=O)N(C)C)c(CN)c1. The van der Waals surface area contributed by atoms with E-state index in [2.05, 4.69) is 0 Å². The Morgan fingerprint density at radius 1 is 1.41 bits per heavy atom. The van der Waals surface area contributed by atoms with Crippen molar-refractivity contribution in [1.82, 2.24) is 4.90 Å². The van der Waals surface area contributed by atoms with E-state index in [1.54, 1.807) is 39.4 Å². The van der Waals surface area contributed by atoms with Crippen LogP contribution in [0.3, 0.4) is 0 Å². The lowest BCUT2D eigenvalue weighted by atomic mass is 10.2. The summed E-state index contributed by atoms with van der Waals surface area (Å²) in [5, 5.41) is 0. The summed E-state index contributed by atoms with van der Waals surface area (Å²) in [6.07, 6.45) is 0. The normalized spacial score (nSPS) is 9.88. The fraction of sp³-hybridized carbons (Fsp3) is 0.417.